The van der Waals surface area contributed by atoms with Crippen LogP contribution in [0, 0.1) is 5.92 Å². The molecule has 0 heterocycles. The average molecular weight is 215 g/mol. The lowest BCUT2D eigenvalue weighted by atomic mass is 9.84. The Labute approximate surface area is 91.8 Å². The topological polar surface area (TPSA) is 20.3 Å². The fraction of sp³-hybridized carbons (Fsp3) is 0.917. The SMILES string of the molecule is CC(C)C(=O)N(C)C1CCC(C)(F)CC1. The summed E-state index contributed by atoms with van der Waals surface area (Å²) < 4.78 is 13.6. The molecule has 0 unspecified atom stereocenters. The Bertz CT molecular complexity index is 228. The van der Waals surface area contributed by atoms with Crippen LogP contribution in [0.4, 0.5) is 4.39 Å². The molecule has 0 aliphatic heterocycles. The molecule has 0 aromatic heterocycles. The molecule has 0 saturated heterocycles. The fourth-order valence-corrected chi connectivity index (χ4v) is 2.18. The van der Waals surface area contributed by atoms with E-state index < -0.39 is 5.67 Å². The number of hydrogen-bond donors (Lipinski definition) is 0. The smallest absolute Gasteiger partial charge is 0.225 e. The molecule has 2 nitrogen and oxygen atoms in total. The van der Waals surface area contributed by atoms with Crippen molar-refractivity contribution in [3.05, 3.63) is 0 Å². The van der Waals surface area contributed by atoms with Gasteiger partial charge in [0.15, 0.2) is 0 Å². The lowest BCUT2D eigenvalue weighted by Crippen LogP contribution is -2.43. The van der Waals surface area contributed by atoms with Gasteiger partial charge in [0, 0.05) is 19.0 Å². The summed E-state index contributed by atoms with van der Waals surface area (Å²) in [5.41, 5.74) is -1.02. The second-order valence-corrected chi connectivity index (χ2v) is 5.25. The molecule has 1 aliphatic rings. The van der Waals surface area contributed by atoms with Crippen molar-refractivity contribution in [2.45, 2.75) is 58.2 Å². The molecule has 1 rings (SSSR count). The summed E-state index contributed by atoms with van der Waals surface area (Å²) in [7, 11) is 1.84. The second-order valence-electron chi connectivity index (χ2n) is 5.25. The highest BCUT2D eigenvalue weighted by Gasteiger charge is 2.33. The summed E-state index contributed by atoms with van der Waals surface area (Å²) in [4.78, 5) is 13.5. The molecular formula is C12H22FNO. The second kappa shape index (κ2) is 4.50. The number of hydrogen-bond acceptors (Lipinski definition) is 1. The highest BCUT2D eigenvalue weighted by Crippen LogP contribution is 2.33. The highest BCUT2D eigenvalue weighted by molar-refractivity contribution is 5.78. The van der Waals surface area contributed by atoms with Crippen LogP contribution in [-0.2, 0) is 4.79 Å². The zero-order chi connectivity index (χ0) is 11.6. The van der Waals surface area contributed by atoms with Gasteiger partial charge in [-0.1, -0.05) is 13.8 Å². The quantitative estimate of drug-likeness (QED) is 0.693. The van der Waals surface area contributed by atoms with Crippen molar-refractivity contribution in [3.63, 3.8) is 0 Å². The van der Waals surface area contributed by atoms with Crippen LogP contribution in [0.1, 0.15) is 46.5 Å². The molecule has 1 fully saturated rings. The first kappa shape index (κ1) is 12.5. The van der Waals surface area contributed by atoms with Crippen LogP contribution in [-0.4, -0.2) is 29.6 Å². The summed E-state index contributed by atoms with van der Waals surface area (Å²) in [5, 5.41) is 0. The molecule has 1 saturated carbocycles. The molecule has 0 bridgehead atoms. The van der Waals surface area contributed by atoms with Crippen molar-refractivity contribution in [1.29, 1.82) is 0 Å². The third kappa shape index (κ3) is 3.18. The van der Waals surface area contributed by atoms with E-state index in [2.05, 4.69) is 0 Å². The Kier molecular flexibility index (Phi) is 3.74. The van der Waals surface area contributed by atoms with Gasteiger partial charge >= 0.3 is 0 Å². The molecule has 0 aromatic rings. The van der Waals surface area contributed by atoms with Crippen LogP contribution in [0.3, 0.4) is 0 Å². The normalized spacial score (nSPS) is 31.7. The van der Waals surface area contributed by atoms with Crippen LogP contribution < -0.4 is 0 Å². The van der Waals surface area contributed by atoms with E-state index in [9.17, 15) is 9.18 Å². The lowest BCUT2D eigenvalue weighted by molar-refractivity contribution is -0.136. The minimum absolute atomic E-state index is 0.0358. The maximum Gasteiger partial charge on any atom is 0.225 e. The molecule has 0 aromatic carbocycles. The number of amides is 1. The number of carbonyl (C=O) groups excluding carboxylic acids is 1. The molecular weight excluding hydrogens is 193 g/mol. The van der Waals surface area contributed by atoms with Gasteiger partial charge in [-0.3, -0.25) is 4.79 Å². The Morgan fingerprint density at radius 2 is 1.87 bits per heavy atom. The van der Waals surface area contributed by atoms with E-state index >= 15 is 0 Å². The number of halogens is 1. The van der Waals surface area contributed by atoms with Crippen LogP contribution in [0.5, 0.6) is 0 Å². The maximum absolute atomic E-state index is 13.6. The van der Waals surface area contributed by atoms with Crippen LogP contribution in [0.15, 0.2) is 0 Å². The van der Waals surface area contributed by atoms with Gasteiger partial charge in [0.25, 0.3) is 0 Å². The van der Waals surface area contributed by atoms with E-state index in [0.29, 0.717) is 12.8 Å². The third-order valence-electron chi connectivity index (χ3n) is 3.39. The van der Waals surface area contributed by atoms with Crippen LogP contribution >= 0.6 is 0 Å². The van der Waals surface area contributed by atoms with E-state index in [1.54, 1.807) is 11.8 Å². The molecule has 0 N–H and O–H groups in total. The molecule has 3 heteroatoms. The first-order chi connectivity index (χ1) is 6.83. The molecule has 1 amide bonds. The Morgan fingerprint density at radius 1 is 1.40 bits per heavy atom. The van der Waals surface area contributed by atoms with Gasteiger partial charge < -0.3 is 4.90 Å². The van der Waals surface area contributed by atoms with E-state index in [1.807, 2.05) is 20.9 Å². The monoisotopic (exact) mass is 215 g/mol. The average Bonchev–Trinajstić information content (AvgIpc) is 2.15. The lowest BCUT2D eigenvalue weighted by Gasteiger charge is -2.37. The highest BCUT2D eigenvalue weighted by atomic mass is 19.1. The Balaban J connectivity index is 2.50. The molecule has 0 radical (unpaired) electrons. The first-order valence-corrected chi connectivity index (χ1v) is 5.79. The minimum atomic E-state index is -1.02. The fourth-order valence-electron chi connectivity index (χ4n) is 2.18. The van der Waals surface area contributed by atoms with Gasteiger partial charge in [-0.05, 0) is 32.6 Å². The summed E-state index contributed by atoms with van der Waals surface area (Å²) in [6.07, 6.45) is 2.74. The minimum Gasteiger partial charge on any atom is -0.343 e. The van der Waals surface area contributed by atoms with Gasteiger partial charge in [0.05, 0.1) is 0 Å². The van der Waals surface area contributed by atoms with E-state index in [-0.39, 0.29) is 17.9 Å². The molecule has 1 aliphatic carbocycles. The number of nitrogens with zero attached hydrogens (tertiary/aromatic N) is 1. The zero-order valence-corrected chi connectivity index (χ0v) is 10.2. The van der Waals surface area contributed by atoms with Gasteiger partial charge in [-0.25, -0.2) is 4.39 Å². The van der Waals surface area contributed by atoms with Gasteiger partial charge in [-0.15, -0.1) is 0 Å². The Hall–Kier alpha value is -0.600. The van der Waals surface area contributed by atoms with Gasteiger partial charge in [0.1, 0.15) is 5.67 Å². The summed E-state index contributed by atoms with van der Waals surface area (Å²) in [6, 6.07) is 0.240. The van der Waals surface area contributed by atoms with Crippen molar-refractivity contribution >= 4 is 5.91 Å². The van der Waals surface area contributed by atoms with Crippen molar-refractivity contribution in [2.75, 3.05) is 7.05 Å². The maximum atomic E-state index is 13.6. The van der Waals surface area contributed by atoms with Crippen molar-refractivity contribution in [1.82, 2.24) is 4.90 Å². The van der Waals surface area contributed by atoms with Crippen molar-refractivity contribution in [3.8, 4) is 0 Å². The van der Waals surface area contributed by atoms with E-state index in [0.717, 1.165) is 12.8 Å². The van der Waals surface area contributed by atoms with Crippen molar-refractivity contribution < 1.29 is 9.18 Å². The molecule has 0 spiro atoms. The van der Waals surface area contributed by atoms with E-state index in [1.165, 1.54) is 0 Å². The van der Waals surface area contributed by atoms with E-state index in [4.69, 9.17) is 0 Å². The Morgan fingerprint density at radius 3 is 2.27 bits per heavy atom. The molecule has 88 valence electrons. The summed E-state index contributed by atoms with van der Waals surface area (Å²) >= 11 is 0. The summed E-state index contributed by atoms with van der Waals surface area (Å²) in [6.45, 7) is 5.47. The standard InChI is InChI=1S/C12H22FNO/c1-9(2)11(15)14(4)10-5-7-12(3,13)8-6-10/h9-10H,5-8H2,1-4H3. The first-order valence-electron chi connectivity index (χ1n) is 5.79. The third-order valence-corrected chi connectivity index (χ3v) is 3.39. The largest absolute Gasteiger partial charge is 0.343 e. The number of carbonyl (C=O) groups is 1. The predicted octanol–water partition coefficient (Wildman–Crippen LogP) is 2.77. The van der Waals surface area contributed by atoms with Crippen molar-refractivity contribution in [2.24, 2.45) is 5.92 Å². The van der Waals surface area contributed by atoms with Crippen LogP contribution in [0.25, 0.3) is 0 Å². The van der Waals surface area contributed by atoms with Crippen LogP contribution in [0.2, 0.25) is 0 Å². The molecule has 15 heavy (non-hydrogen) atoms. The predicted molar refractivity (Wildman–Crippen MR) is 59.4 cm³/mol. The number of alkyl halides is 1. The molecule has 0 atom stereocenters. The summed E-state index contributed by atoms with van der Waals surface area (Å²) in [5.74, 6) is 0.205. The van der Waals surface area contributed by atoms with Gasteiger partial charge in [-0.2, -0.15) is 0 Å². The zero-order valence-electron chi connectivity index (χ0n) is 10.2. The van der Waals surface area contributed by atoms with Gasteiger partial charge in [0.2, 0.25) is 5.91 Å². The number of rotatable bonds is 2.